The number of fused-ring (bicyclic) bond motifs is 7. The standard InChI is InChI=1S/C52H78O4/c1-9-10-11-12-13-14-15-16-17-18-19-20-21-22-23-24-25-26-27-28-45(53)56-44-33-34-49(6)42(48(44,4)5)32-35-51(8)43(49)30-29-41-46-40(39(2)3)31-36-52(46,47(54)55)38-37-50(41,51)7/h10-11,13-14,16-17,19-20,22-23,25-26,40-44,46H,2,9,12,15,18,21,24,27-38H2,1,3-8H3,(H,54,55)/b11-10-,14-13-,17-16-,20-19-,23-22-,26-25-/t40-,41+,42-,43+,44-,46+,49-,50+,51+,52-/m0/s1. The largest absolute Gasteiger partial charge is 0.481 e. The van der Waals surface area contributed by atoms with Crippen LogP contribution in [0.1, 0.15) is 164 Å². The third-order valence-corrected chi connectivity index (χ3v) is 16.8. The zero-order chi connectivity index (χ0) is 40.6. The van der Waals surface area contributed by atoms with Crippen LogP contribution in [0.5, 0.6) is 0 Å². The second kappa shape index (κ2) is 18.8. The molecule has 310 valence electrons. The van der Waals surface area contributed by atoms with Gasteiger partial charge in [-0.1, -0.05) is 127 Å². The van der Waals surface area contributed by atoms with Crippen LogP contribution in [-0.4, -0.2) is 23.1 Å². The summed E-state index contributed by atoms with van der Waals surface area (Å²) in [7, 11) is 0. The van der Waals surface area contributed by atoms with Gasteiger partial charge in [-0.2, -0.15) is 0 Å². The maximum Gasteiger partial charge on any atom is 0.309 e. The van der Waals surface area contributed by atoms with E-state index in [9.17, 15) is 14.7 Å². The van der Waals surface area contributed by atoms with Crippen molar-refractivity contribution in [3.63, 3.8) is 0 Å². The van der Waals surface area contributed by atoms with Crippen LogP contribution >= 0.6 is 0 Å². The molecule has 0 aliphatic heterocycles. The molecule has 0 spiro atoms. The Labute approximate surface area is 342 Å². The summed E-state index contributed by atoms with van der Waals surface area (Å²) in [5, 5.41) is 10.7. The Kier molecular flexibility index (Phi) is 14.8. The number of aliphatic carboxylic acids is 1. The summed E-state index contributed by atoms with van der Waals surface area (Å²) in [6.45, 7) is 21.2. The van der Waals surface area contributed by atoms with E-state index in [4.69, 9.17) is 4.74 Å². The second-order valence-corrected chi connectivity index (χ2v) is 19.9. The molecule has 0 aromatic heterocycles. The van der Waals surface area contributed by atoms with E-state index in [1.54, 1.807) is 0 Å². The maximum absolute atomic E-state index is 13.2. The SMILES string of the molecule is C=C(C)[C@@H]1CC[C@]2(C(=O)O)CC[C@]3(C)[C@H](CC[C@@H]4[C@@]5(C)CC[C@H](OC(=O)CC/C=C\C/C=C\C/C=C\C/C=C\C/C=C\C/C=C\CC)C(C)(C)[C@@H]5CC[C@]43C)[C@@H]12. The van der Waals surface area contributed by atoms with Gasteiger partial charge < -0.3 is 9.84 Å². The van der Waals surface area contributed by atoms with Crippen molar-refractivity contribution in [3.8, 4) is 0 Å². The summed E-state index contributed by atoms with van der Waals surface area (Å²) >= 11 is 0. The molecule has 5 aliphatic carbocycles. The first-order chi connectivity index (χ1) is 26.7. The predicted octanol–water partition coefficient (Wildman–Crippen LogP) is 14.1. The first-order valence-corrected chi connectivity index (χ1v) is 22.7. The number of carbonyl (C=O) groups excluding carboxylic acids is 1. The summed E-state index contributed by atoms with van der Waals surface area (Å²) in [5.41, 5.74) is 1.01. The van der Waals surface area contributed by atoms with Crippen molar-refractivity contribution in [1.82, 2.24) is 0 Å². The topological polar surface area (TPSA) is 63.6 Å². The molecule has 5 aliphatic rings. The van der Waals surface area contributed by atoms with Gasteiger partial charge in [0.15, 0.2) is 0 Å². The molecule has 1 N–H and O–H groups in total. The van der Waals surface area contributed by atoms with Gasteiger partial charge in [-0.3, -0.25) is 9.59 Å². The number of carbonyl (C=O) groups is 2. The lowest BCUT2D eigenvalue weighted by atomic mass is 9.32. The zero-order valence-electron chi connectivity index (χ0n) is 36.5. The fourth-order valence-corrected chi connectivity index (χ4v) is 13.8. The smallest absolute Gasteiger partial charge is 0.309 e. The van der Waals surface area contributed by atoms with Crippen LogP contribution in [0, 0.1) is 56.7 Å². The Hall–Kier alpha value is -2.88. The highest BCUT2D eigenvalue weighted by atomic mass is 16.5. The molecule has 0 aromatic carbocycles. The number of rotatable bonds is 17. The van der Waals surface area contributed by atoms with Gasteiger partial charge in [0.2, 0.25) is 0 Å². The average molecular weight is 767 g/mol. The van der Waals surface area contributed by atoms with Crippen molar-refractivity contribution >= 4 is 11.9 Å². The van der Waals surface area contributed by atoms with E-state index in [0.717, 1.165) is 89.9 Å². The summed E-state index contributed by atoms with van der Waals surface area (Å²) < 4.78 is 6.35. The van der Waals surface area contributed by atoms with Crippen molar-refractivity contribution in [1.29, 1.82) is 0 Å². The molecular formula is C52H78O4. The molecule has 0 bridgehead atoms. The molecule has 0 radical (unpaired) electrons. The van der Waals surface area contributed by atoms with Crippen molar-refractivity contribution in [2.45, 2.75) is 170 Å². The lowest BCUT2D eigenvalue weighted by Crippen LogP contribution is -2.67. The summed E-state index contributed by atoms with van der Waals surface area (Å²) in [6, 6.07) is 0. The first kappa shape index (κ1) is 44.2. The van der Waals surface area contributed by atoms with E-state index in [-0.39, 0.29) is 39.7 Å². The predicted molar refractivity (Wildman–Crippen MR) is 234 cm³/mol. The van der Waals surface area contributed by atoms with Gasteiger partial charge in [0.05, 0.1) is 5.41 Å². The van der Waals surface area contributed by atoms with E-state index in [1.807, 2.05) is 0 Å². The van der Waals surface area contributed by atoms with Gasteiger partial charge in [0.1, 0.15) is 6.10 Å². The van der Waals surface area contributed by atoms with Crippen molar-refractivity contribution in [3.05, 3.63) is 85.1 Å². The molecule has 0 aromatic rings. The minimum absolute atomic E-state index is 0.0460. The van der Waals surface area contributed by atoms with Crippen LogP contribution in [-0.2, 0) is 14.3 Å². The summed E-state index contributed by atoms with van der Waals surface area (Å²) in [4.78, 5) is 26.2. The van der Waals surface area contributed by atoms with Crippen LogP contribution in [0.25, 0.3) is 0 Å². The van der Waals surface area contributed by atoms with E-state index >= 15 is 0 Å². The normalized spacial score (nSPS) is 38.1. The van der Waals surface area contributed by atoms with Gasteiger partial charge in [-0.15, -0.1) is 0 Å². The van der Waals surface area contributed by atoms with Gasteiger partial charge in [0.25, 0.3) is 0 Å². The highest BCUT2D eigenvalue weighted by molar-refractivity contribution is 5.76. The van der Waals surface area contributed by atoms with Crippen LogP contribution in [0.2, 0.25) is 0 Å². The Balaban J connectivity index is 1.08. The molecule has 0 amide bonds. The first-order valence-electron chi connectivity index (χ1n) is 22.7. The number of allylic oxidation sites excluding steroid dienone is 13. The summed E-state index contributed by atoms with van der Waals surface area (Å²) in [6.07, 6.45) is 43.8. The highest BCUT2D eigenvalue weighted by Crippen LogP contribution is 2.77. The number of ether oxygens (including phenoxy) is 1. The number of carboxylic acids is 1. The van der Waals surface area contributed by atoms with Gasteiger partial charge in [-0.05, 0) is 162 Å². The zero-order valence-corrected chi connectivity index (χ0v) is 36.5. The van der Waals surface area contributed by atoms with Crippen LogP contribution in [0.15, 0.2) is 85.1 Å². The van der Waals surface area contributed by atoms with Gasteiger partial charge in [0, 0.05) is 11.8 Å². The molecule has 10 atom stereocenters. The monoisotopic (exact) mass is 767 g/mol. The molecule has 0 saturated heterocycles. The third-order valence-electron chi connectivity index (χ3n) is 16.8. The Morgan fingerprint density at radius 3 is 1.79 bits per heavy atom. The molecule has 56 heavy (non-hydrogen) atoms. The maximum atomic E-state index is 13.2. The van der Waals surface area contributed by atoms with Gasteiger partial charge >= 0.3 is 11.9 Å². The van der Waals surface area contributed by atoms with Gasteiger partial charge in [-0.25, -0.2) is 0 Å². The molecular weight excluding hydrogens is 689 g/mol. The lowest BCUT2D eigenvalue weighted by Gasteiger charge is -2.72. The van der Waals surface area contributed by atoms with Crippen LogP contribution in [0.4, 0.5) is 0 Å². The second-order valence-electron chi connectivity index (χ2n) is 19.9. The highest BCUT2D eigenvalue weighted by Gasteiger charge is 2.72. The lowest BCUT2D eigenvalue weighted by molar-refractivity contribution is -0.250. The summed E-state index contributed by atoms with van der Waals surface area (Å²) in [5.74, 6) is 1.45. The Morgan fingerprint density at radius 1 is 0.661 bits per heavy atom. The fraction of sp³-hybridized carbons (Fsp3) is 0.692. The molecule has 5 fully saturated rings. The third kappa shape index (κ3) is 8.75. The number of hydrogen-bond donors (Lipinski definition) is 1. The van der Waals surface area contributed by atoms with Crippen molar-refractivity contribution < 1.29 is 19.4 Å². The Morgan fingerprint density at radius 2 is 1.23 bits per heavy atom. The number of hydrogen-bond acceptors (Lipinski definition) is 3. The minimum Gasteiger partial charge on any atom is -0.481 e. The average Bonchev–Trinajstić information content (AvgIpc) is 3.56. The molecule has 0 unspecified atom stereocenters. The van der Waals surface area contributed by atoms with E-state index in [2.05, 4.69) is 128 Å². The quantitative estimate of drug-likeness (QED) is 0.118. The van der Waals surface area contributed by atoms with E-state index in [1.165, 1.54) is 18.4 Å². The van der Waals surface area contributed by atoms with Crippen molar-refractivity contribution in [2.24, 2.45) is 56.7 Å². The molecule has 5 rings (SSSR count). The fourth-order valence-electron chi connectivity index (χ4n) is 13.8. The molecule has 5 saturated carbocycles. The minimum atomic E-state index is -0.575. The van der Waals surface area contributed by atoms with E-state index < -0.39 is 11.4 Å². The molecule has 4 heteroatoms. The number of carboxylic acid groups (broad SMARTS) is 1. The number of esters is 1. The molecule has 0 heterocycles. The molecule has 4 nitrogen and oxygen atoms in total. The Bertz CT molecular complexity index is 1560. The van der Waals surface area contributed by atoms with Crippen LogP contribution < -0.4 is 0 Å². The van der Waals surface area contributed by atoms with Crippen LogP contribution in [0.3, 0.4) is 0 Å². The van der Waals surface area contributed by atoms with E-state index in [0.29, 0.717) is 36.5 Å². The van der Waals surface area contributed by atoms with Crippen molar-refractivity contribution in [2.75, 3.05) is 0 Å².